The maximum Gasteiger partial charge on any atom is 0.349 e. The van der Waals surface area contributed by atoms with E-state index in [2.05, 4.69) is 0 Å². The van der Waals surface area contributed by atoms with Gasteiger partial charge in [0.1, 0.15) is 30.8 Å². The molecule has 6 heteroatoms. The summed E-state index contributed by atoms with van der Waals surface area (Å²) in [7, 11) is 0. The van der Waals surface area contributed by atoms with Gasteiger partial charge >= 0.3 is 5.97 Å². The fourth-order valence-corrected chi connectivity index (χ4v) is 2.07. The second kappa shape index (κ2) is 8.74. The van der Waals surface area contributed by atoms with Crippen molar-refractivity contribution in [1.82, 2.24) is 0 Å². The number of ether oxygens (including phenoxy) is 3. The number of carbonyl (C=O) groups is 1. The summed E-state index contributed by atoms with van der Waals surface area (Å²) >= 11 is 5.79. The van der Waals surface area contributed by atoms with Gasteiger partial charge in [0.05, 0.1) is 0 Å². The minimum Gasteiger partial charge on any atom is -0.491 e. The molecule has 0 amide bonds. The van der Waals surface area contributed by atoms with E-state index in [1.807, 2.05) is 18.2 Å². The summed E-state index contributed by atoms with van der Waals surface area (Å²) < 4.78 is 16.2. The van der Waals surface area contributed by atoms with Crippen molar-refractivity contribution < 1.29 is 24.1 Å². The molecule has 0 bridgehead atoms. The third-order valence-corrected chi connectivity index (χ3v) is 3.52. The molecule has 1 atom stereocenters. The molecule has 2 aromatic rings. The second-order valence-corrected chi connectivity index (χ2v) is 6.38. The van der Waals surface area contributed by atoms with Gasteiger partial charge in [0.15, 0.2) is 5.60 Å². The van der Waals surface area contributed by atoms with Crippen molar-refractivity contribution in [2.45, 2.75) is 25.6 Å². The van der Waals surface area contributed by atoms with Gasteiger partial charge in [-0.1, -0.05) is 29.8 Å². The zero-order valence-corrected chi connectivity index (χ0v) is 14.9. The van der Waals surface area contributed by atoms with Crippen LogP contribution in [-0.2, 0) is 9.53 Å². The SMILES string of the molecule is CC(C)(Oc1ccccc1)C(=O)OCC(O)COc1ccc(Cl)cc1. The van der Waals surface area contributed by atoms with Crippen LogP contribution in [0.1, 0.15) is 13.8 Å². The van der Waals surface area contributed by atoms with Crippen molar-refractivity contribution in [3.8, 4) is 11.5 Å². The van der Waals surface area contributed by atoms with Crippen LogP contribution < -0.4 is 9.47 Å². The number of carbonyl (C=O) groups excluding carboxylic acids is 1. The summed E-state index contributed by atoms with van der Waals surface area (Å²) in [4.78, 5) is 12.2. The minimum absolute atomic E-state index is 0.00508. The second-order valence-electron chi connectivity index (χ2n) is 5.94. The molecular weight excluding hydrogens is 344 g/mol. The first-order chi connectivity index (χ1) is 11.9. The van der Waals surface area contributed by atoms with Gasteiger partial charge in [0.25, 0.3) is 0 Å². The Morgan fingerprint density at radius 2 is 1.68 bits per heavy atom. The van der Waals surface area contributed by atoms with Gasteiger partial charge in [-0.3, -0.25) is 0 Å². The molecule has 134 valence electrons. The lowest BCUT2D eigenvalue weighted by Gasteiger charge is -2.25. The van der Waals surface area contributed by atoms with Gasteiger partial charge in [-0.2, -0.15) is 0 Å². The summed E-state index contributed by atoms with van der Waals surface area (Å²) in [5.41, 5.74) is -1.17. The van der Waals surface area contributed by atoms with Gasteiger partial charge in [-0.15, -0.1) is 0 Å². The van der Waals surface area contributed by atoms with Gasteiger partial charge in [0, 0.05) is 5.02 Å². The highest BCUT2D eigenvalue weighted by atomic mass is 35.5. The number of aliphatic hydroxyl groups is 1. The Balaban J connectivity index is 1.76. The van der Waals surface area contributed by atoms with Crippen LogP contribution in [0.4, 0.5) is 0 Å². The fraction of sp³-hybridized carbons (Fsp3) is 0.316. The van der Waals surface area contributed by atoms with Gasteiger partial charge in [-0.25, -0.2) is 4.79 Å². The molecule has 25 heavy (non-hydrogen) atoms. The highest BCUT2D eigenvalue weighted by molar-refractivity contribution is 6.30. The Kier molecular flexibility index (Phi) is 6.67. The van der Waals surface area contributed by atoms with Crippen LogP contribution in [0.2, 0.25) is 5.02 Å². The quantitative estimate of drug-likeness (QED) is 0.726. The van der Waals surface area contributed by atoms with E-state index in [-0.39, 0.29) is 13.2 Å². The monoisotopic (exact) mass is 364 g/mol. The van der Waals surface area contributed by atoms with Crippen LogP contribution in [0.15, 0.2) is 54.6 Å². The Morgan fingerprint density at radius 3 is 2.32 bits per heavy atom. The number of hydrogen-bond acceptors (Lipinski definition) is 5. The molecule has 2 aromatic carbocycles. The third-order valence-electron chi connectivity index (χ3n) is 3.27. The van der Waals surface area contributed by atoms with E-state index in [4.69, 9.17) is 25.8 Å². The van der Waals surface area contributed by atoms with Crippen molar-refractivity contribution in [1.29, 1.82) is 0 Å². The molecule has 0 aliphatic carbocycles. The van der Waals surface area contributed by atoms with Crippen LogP contribution in [0.25, 0.3) is 0 Å². The van der Waals surface area contributed by atoms with E-state index in [9.17, 15) is 9.90 Å². The average molecular weight is 365 g/mol. The number of rotatable bonds is 8. The predicted molar refractivity (Wildman–Crippen MR) is 95.1 cm³/mol. The van der Waals surface area contributed by atoms with Crippen LogP contribution in [0.3, 0.4) is 0 Å². The zero-order chi connectivity index (χ0) is 18.3. The Labute approximate surface area is 152 Å². The number of aliphatic hydroxyl groups excluding tert-OH is 1. The van der Waals surface area contributed by atoms with Crippen molar-refractivity contribution >= 4 is 17.6 Å². The van der Waals surface area contributed by atoms with Crippen molar-refractivity contribution in [3.63, 3.8) is 0 Å². The number of hydrogen-bond donors (Lipinski definition) is 1. The molecule has 0 aromatic heterocycles. The molecule has 1 unspecified atom stereocenters. The predicted octanol–water partition coefficient (Wildman–Crippen LogP) is 3.48. The molecule has 0 spiro atoms. The maximum atomic E-state index is 12.2. The van der Waals surface area contributed by atoms with Gasteiger partial charge in [0.2, 0.25) is 0 Å². The van der Waals surface area contributed by atoms with Crippen LogP contribution in [0.5, 0.6) is 11.5 Å². The van der Waals surface area contributed by atoms with E-state index in [0.717, 1.165) is 0 Å². The lowest BCUT2D eigenvalue weighted by atomic mass is 10.1. The zero-order valence-electron chi connectivity index (χ0n) is 14.1. The van der Waals surface area contributed by atoms with Gasteiger partial charge < -0.3 is 19.3 Å². The summed E-state index contributed by atoms with van der Waals surface area (Å²) in [5.74, 6) is 0.570. The molecule has 0 heterocycles. The molecule has 1 N–H and O–H groups in total. The molecular formula is C19H21ClO5. The molecule has 5 nitrogen and oxygen atoms in total. The standard InChI is InChI=1S/C19H21ClO5/c1-19(2,25-17-6-4-3-5-7-17)18(22)24-13-15(21)12-23-16-10-8-14(20)9-11-16/h3-11,15,21H,12-13H2,1-2H3. The molecule has 0 aliphatic rings. The van der Waals surface area contributed by atoms with Crippen LogP contribution in [0, 0.1) is 0 Å². The normalized spacial score (nSPS) is 12.3. The fourth-order valence-electron chi connectivity index (χ4n) is 1.94. The number of halogens is 1. The minimum atomic E-state index is -1.17. The van der Waals surface area contributed by atoms with Gasteiger partial charge in [-0.05, 0) is 50.2 Å². The highest BCUT2D eigenvalue weighted by Crippen LogP contribution is 2.19. The lowest BCUT2D eigenvalue weighted by molar-refractivity contribution is -0.162. The van der Waals surface area contributed by atoms with E-state index in [1.165, 1.54) is 0 Å². The Bertz CT molecular complexity index is 670. The summed E-state index contributed by atoms with van der Waals surface area (Å²) in [6.07, 6.45) is -0.952. The van der Waals surface area contributed by atoms with Crippen LogP contribution in [-0.4, -0.2) is 36.0 Å². The summed E-state index contributed by atoms with van der Waals surface area (Å²) in [5, 5.41) is 10.5. The summed E-state index contributed by atoms with van der Waals surface area (Å²) in [6.45, 7) is 3.03. The van der Waals surface area contributed by atoms with Crippen molar-refractivity contribution in [2.24, 2.45) is 0 Å². The molecule has 0 aliphatic heterocycles. The lowest BCUT2D eigenvalue weighted by Crippen LogP contribution is -2.41. The topological polar surface area (TPSA) is 65.0 Å². The smallest absolute Gasteiger partial charge is 0.349 e. The molecule has 0 saturated heterocycles. The number of para-hydroxylation sites is 1. The van der Waals surface area contributed by atoms with Crippen molar-refractivity contribution in [3.05, 3.63) is 59.6 Å². The first kappa shape index (κ1) is 19.1. The summed E-state index contributed by atoms with van der Waals surface area (Å²) in [6, 6.07) is 15.8. The molecule has 0 saturated carbocycles. The van der Waals surface area contributed by atoms with E-state index >= 15 is 0 Å². The maximum absolute atomic E-state index is 12.2. The number of benzene rings is 2. The van der Waals surface area contributed by atoms with Crippen LogP contribution >= 0.6 is 11.6 Å². The first-order valence-corrected chi connectivity index (χ1v) is 8.22. The Hall–Kier alpha value is -2.24. The van der Waals surface area contributed by atoms with E-state index < -0.39 is 17.7 Å². The van der Waals surface area contributed by atoms with E-state index in [1.54, 1.807) is 50.2 Å². The van der Waals surface area contributed by atoms with Crippen molar-refractivity contribution in [2.75, 3.05) is 13.2 Å². The highest BCUT2D eigenvalue weighted by Gasteiger charge is 2.32. The molecule has 0 radical (unpaired) electrons. The average Bonchev–Trinajstić information content (AvgIpc) is 2.59. The molecule has 2 rings (SSSR count). The largest absolute Gasteiger partial charge is 0.491 e. The first-order valence-electron chi connectivity index (χ1n) is 7.84. The Morgan fingerprint density at radius 1 is 1.04 bits per heavy atom. The van der Waals surface area contributed by atoms with E-state index in [0.29, 0.717) is 16.5 Å². The molecule has 0 fully saturated rings. The number of esters is 1. The third kappa shape index (κ3) is 6.29.